The van der Waals surface area contributed by atoms with E-state index in [1.807, 2.05) is 24.1 Å². The maximum atomic E-state index is 11.8. The van der Waals surface area contributed by atoms with Gasteiger partial charge in [0.05, 0.1) is 12.2 Å². The fourth-order valence-corrected chi connectivity index (χ4v) is 2.20. The zero-order chi connectivity index (χ0) is 12.3. The van der Waals surface area contributed by atoms with Gasteiger partial charge in [-0.15, -0.1) is 0 Å². The van der Waals surface area contributed by atoms with Crippen molar-refractivity contribution in [2.45, 2.75) is 25.8 Å². The normalized spacial score (nSPS) is 24.1. The Labute approximate surface area is 102 Å². The lowest BCUT2D eigenvalue weighted by Gasteiger charge is -2.19. The van der Waals surface area contributed by atoms with E-state index >= 15 is 0 Å². The van der Waals surface area contributed by atoms with Gasteiger partial charge in [-0.25, -0.2) is 0 Å². The van der Waals surface area contributed by atoms with Crippen molar-refractivity contribution in [1.82, 2.24) is 9.88 Å². The van der Waals surface area contributed by atoms with Gasteiger partial charge in [0.15, 0.2) is 0 Å². The summed E-state index contributed by atoms with van der Waals surface area (Å²) in [6, 6.07) is 3.90. The summed E-state index contributed by atoms with van der Waals surface area (Å²) >= 11 is 0. The third-order valence-electron chi connectivity index (χ3n) is 3.37. The molecule has 1 aromatic heterocycles. The number of carbonyl (C=O) groups is 1. The Balaban J connectivity index is 1.90. The fraction of sp³-hybridized carbons (Fsp3) is 0.538. The lowest BCUT2D eigenvalue weighted by Crippen LogP contribution is -2.33. The lowest BCUT2D eigenvalue weighted by atomic mass is 10.0. The van der Waals surface area contributed by atoms with Gasteiger partial charge in [-0.3, -0.25) is 9.78 Å². The van der Waals surface area contributed by atoms with Crippen LogP contribution in [0.1, 0.15) is 19.8 Å². The van der Waals surface area contributed by atoms with E-state index in [-0.39, 0.29) is 17.9 Å². The molecule has 0 unspecified atom stereocenters. The highest BCUT2D eigenvalue weighted by Gasteiger charge is 2.36. The molecule has 0 bridgehead atoms. The molecule has 1 aliphatic heterocycles. The van der Waals surface area contributed by atoms with E-state index < -0.39 is 0 Å². The van der Waals surface area contributed by atoms with Crippen molar-refractivity contribution in [3.8, 4) is 5.75 Å². The van der Waals surface area contributed by atoms with Crippen molar-refractivity contribution in [3.63, 3.8) is 0 Å². The van der Waals surface area contributed by atoms with Crippen LogP contribution in [0.3, 0.4) is 0 Å². The van der Waals surface area contributed by atoms with E-state index in [1.54, 1.807) is 12.4 Å². The molecular formula is C13H18N2O2. The second-order valence-corrected chi connectivity index (χ2v) is 4.44. The molecule has 1 aromatic rings. The van der Waals surface area contributed by atoms with Crippen LogP contribution in [0.4, 0.5) is 0 Å². The number of hydrogen-bond donors (Lipinski definition) is 0. The van der Waals surface area contributed by atoms with Crippen molar-refractivity contribution in [2.75, 3.05) is 13.7 Å². The SMILES string of the molecule is CC[C@@H]1C[C@@H](COc2cccnc2)N(C)C1=O. The van der Waals surface area contributed by atoms with E-state index in [1.165, 1.54) is 0 Å². The number of aromatic nitrogens is 1. The van der Waals surface area contributed by atoms with Crippen LogP contribution in [0.5, 0.6) is 5.75 Å². The van der Waals surface area contributed by atoms with E-state index in [9.17, 15) is 4.79 Å². The first-order valence-electron chi connectivity index (χ1n) is 6.02. The van der Waals surface area contributed by atoms with Crippen LogP contribution in [0.15, 0.2) is 24.5 Å². The molecule has 0 saturated carbocycles. The monoisotopic (exact) mass is 234 g/mol. The van der Waals surface area contributed by atoms with E-state index in [0.29, 0.717) is 6.61 Å². The maximum absolute atomic E-state index is 11.8. The average Bonchev–Trinajstić information content (AvgIpc) is 2.65. The molecule has 1 fully saturated rings. The van der Waals surface area contributed by atoms with E-state index in [4.69, 9.17) is 4.74 Å². The molecule has 4 heteroatoms. The molecule has 2 rings (SSSR count). The van der Waals surface area contributed by atoms with Gasteiger partial charge in [-0.1, -0.05) is 6.92 Å². The van der Waals surface area contributed by atoms with Gasteiger partial charge in [-0.2, -0.15) is 0 Å². The van der Waals surface area contributed by atoms with Crippen molar-refractivity contribution < 1.29 is 9.53 Å². The number of likely N-dealkylation sites (tertiary alicyclic amines) is 1. The number of ether oxygens (including phenoxy) is 1. The van der Waals surface area contributed by atoms with Gasteiger partial charge >= 0.3 is 0 Å². The van der Waals surface area contributed by atoms with Crippen LogP contribution in [0.25, 0.3) is 0 Å². The highest BCUT2D eigenvalue weighted by Crippen LogP contribution is 2.26. The predicted octanol–water partition coefficient (Wildman–Crippen LogP) is 1.72. The van der Waals surface area contributed by atoms with Crippen molar-refractivity contribution in [1.29, 1.82) is 0 Å². The quantitative estimate of drug-likeness (QED) is 0.796. The number of likely N-dealkylation sites (N-methyl/N-ethyl adjacent to an activating group) is 1. The number of amides is 1. The molecular weight excluding hydrogens is 216 g/mol. The van der Waals surface area contributed by atoms with Crippen molar-refractivity contribution >= 4 is 5.91 Å². The molecule has 1 saturated heterocycles. The smallest absolute Gasteiger partial charge is 0.225 e. The minimum Gasteiger partial charge on any atom is -0.490 e. The maximum Gasteiger partial charge on any atom is 0.225 e. The Bertz CT molecular complexity index is 380. The first-order chi connectivity index (χ1) is 8.22. The third kappa shape index (κ3) is 2.57. The van der Waals surface area contributed by atoms with Gasteiger partial charge in [0, 0.05) is 19.2 Å². The average molecular weight is 234 g/mol. The lowest BCUT2D eigenvalue weighted by molar-refractivity contribution is -0.131. The Morgan fingerprint density at radius 3 is 3.00 bits per heavy atom. The summed E-state index contributed by atoms with van der Waals surface area (Å²) in [7, 11) is 1.86. The van der Waals surface area contributed by atoms with Gasteiger partial charge in [-0.05, 0) is 25.0 Å². The van der Waals surface area contributed by atoms with Crippen LogP contribution in [-0.4, -0.2) is 35.5 Å². The van der Waals surface area contributed by atoms with Gasteiger partial charge < -0.3 is 9.64 Å². The van der Waals surface area contributed by atoms with Crippen LogP contribution < -0.4 is 4.74 Å². The summed E-state index contributed by atoms with van der Waals surface area (Å²) in [5, 5.41) is 0. The number of pyridine rings is 1. The second kappa shape index (κ2) is 5.17. The molecule has 0 N–H and O–H groups in total. The first-order valence-corrected chi connectivity index (χ1v) is 6.02. The summed E-state index contributed by atoms with van der Waals surface area (Å²) in [4.78, 5) is 17.6. The van der Waals surface area contributed by atoms with Crippen LogP contribution in [0.2, 0.25) is 0 Å². The molecule has 1 aliphatic rings. The molecule has 1 amide bonds. The molecule has 0 aromatic carbocycles. The van der Waals surface area contributed by atoms with Crippen LogP contribution in [0, 0.1) is 5.92 Å². The molecule has 2 atom stereocenters. The Hall–Kier alpha value is -1.58. The molecule has 0 radical (unpaired) electrons. The molecule has 17 heavy (non-hydrogen) atoms. The minimum atomic E-state index is 0.169. The topological polar surface area (TPSA) is 42.4 Å². The highest BCUT2D eigenvalue weighted by molar-refractivity contribution is 5.81. The minimum absolute atomic E-state index is 0.169. The fourth-order valence-electron chi connectivity index (χ4n) is 2.20. The molecule has 92 valence electrons. The molecule has 0 aliphatic carbocycles. The number of hydrogen-bond acceptors (Lipinski definition) is 3. The number of nitrogens with zero attached hydrogens (tertiary/aromatic N) is 2. The third-order valence-corrected chi connectivity index (χ3v) is 3.37. The second-order valence-electron chi connectivity index (χ2n) is 4.44. The zero-order valence-corrected chi connectivity index (χ0v) is 10.3. The summed E-state index contributed by atoms with van der Waals surface area (Å²) < 4.78 is 5.65. The van der Waals surface area contributed by atoms with Gasteiger partial charge in [0.25, 0.3) is 0 Å². The Morgan fingerprint density at radius 1 is 1.59 bits per heavy atom. The standard InChI is InChI=1S/C13H18N2O2/c1-3-10-7-11(15(2)13(10)16)9-17-12-5-4-6-14-8-12/h4-6,8,10-11H,3,7,9H2,1-2H3/t10-,11+/m1/s1. The summed E-state index contributed by atoms with van der Waals surface area (Å²) in [5.74, 6) is 1.17. The Morgan fingerprint density at radius 2 is 2.41 bits per heavy atom. The highest BCUT2D eigenvalue weighted by atomic mass is 16.5. The summed E-state index contributed by atoms with van der Waals surface area (Å²) in [6.45, 7) is 2.60. The summed E-state index contributed by atoms with van der Waals surface area (Å²) in [5.41, 5.74) is 0. The zero-order valence-electron chi connectivity index (χ0n) is 10.3. The van der Waals surface area contributed by atoms with Crippen LogP contribution in [-0.2, 0) is 4.79 Å². The Kier molecular flexibility index (Phi) is 3.61. The van der Waals surface area contributed by atoms with Gasteiger partial charge in [0.1, 0.15) is 12.4 Å². The largest absolute Gasteiger partial charge is 0.490 e. The van der Waals surface area contributed by atoms with Crippen molar-refractivity contribution in [3.05, 3.63) is 24.5 Å². The van der Waals surface area contributed by atoms with E-state index in [0.717, 1.165) is 18.6 Å². The number of rotatable bonds is 4. The molecule has 2 heterocycles. The first kappa shape index (κ1) is 11.9. The van der Waals surface area contributed by atoms with E-state index in [2.05, 4.69) is 11.9 Å². The van der Waals surface area contributed by atoms with Gasteiger partial charge in [0.2, 0.25) is 5.91 Å². The summed E-state index contributed by atoms with van der Waals surface area (Å²) in [6.07, 6.45) is 5.21. The molecule has 0 spiro atoms. The number of carbonyl (C=O) groups excluding carboxylic acids is 1. The van der Waals surface area contributed by atoms with Crippen molar-refractivity contribution in [2.24, 2.45) is 5.92 Å². The van der Waals surface area contributed by atoms with Crippen LogP contribution >= 0.6 is 0 Å². The molecule has 4 nitrogen and oxygen atoms in total. The predicted molar refractivity (Wildman–Crippen MR) is 64.7 cm³/mol.